The Balaban J connectivity index is 1.47. The molecule has 5 nitrogen and oxygen atoms in total. The average molecular weight is 441 g/mol. The van der Waals surface area contributed by atoms with Gasteiger partial charge in [-0.1, -0.05) is 40.2 Å². The second-order valence-corrected chi connectivity index (χ2v) is 8.28. The third-order valence-corrected chi connectivity index (χ3v) is 5.68. The molecule has 6 heteroatoms. The van der Waals surface area contributed by atoms with Gasteiger partial charge in [0, 0.05) is 35.5 Å². The number of hydrogen-bond acceptors (Lipinski definition) is 3. The molecule has 0 unspecified atom stereocenters. The lowest BCUT2D eigenvalue weighted by Crippen LogP contribution is -2.32. The molecule has 2 aromatic rings. The highest BCUT2D eigenvalue weighted by Gasteiger charge is 2.33. The van der Waals surface area contributed by atoms with Gasteiger partial charge in [0.2, 0.25) is 11.8 Å². The number of halogens is 1. The van der Waals surface area contributed by atoms with Crippen molar-refractivity contribution in [2.75, 3.05) is 0 Å². The number of carbonyl (C=O) groups is 3. The largest absolute Gasteiger partial charge is 0.331 e. The Hall–Kier alpha value is -2.47. The summed E-state index contributed by atoms with van der Waals surface area (Å²) in [6.45, 7) is 0.859. The predicted octanol–water partition coefficient (Wildman–Crippen LogP) is 3.90. The minimum absolute atomic E-state index is 0.0161. The van der Waals surface area contributed by atoms with Crippen LogP contribution in [-0.4, -0.2) is 33.6 Å². The molecule has 0 bridgehead atoms. The van der Waals surface area contributed by atoms with E-state index in [9.17, 15) is 14.4 Å². The molecule has 1 aliphatic carbocycles. The third kappa shape index (κ3) is 4.17. The zero-order valence-corrected chi connectivity index (χ0v) is 17.0. The Kier molecular flexibility index (Phi) is 5.31. The van der Waals surface area contributed by atoms with Crippen LogP contribution in [0.4, 0.5) is 0 Å². The van der Waals surface area contributed by atoms with Crippen LogP contribution in [0.1, 0.15) is 47.2 Å². The van der Waals surface area contributed by atoms with E-state index in [0.29, 0.717) is 31.0 Å². The second kappa shape index (κ2) is 7.87. The van der Waals surface area contributed by atoms with E-state index in [0.717, 1.165) is 28.4 Å². The lowest BCUT2D eigenvalue weighted by Gasteiger charge is -2.23. The highest BCUT2D eigenvalue weighted by atomic mass is 79.9. The van der Waals surface area contributed by atoms with Gasteiger partial charge < -0.3 is 4.90 Å². The number of likely N-dealkylation sites (tertiary alicyclic amines) is 1. The highest BCUT2D eigenvalue weighted by Crippen LogP contribution is 2.30. The first-order chi connectivity index (χ1) is 13.5. The normalized spacial score (nSPS) is 16.5. The molecule has 1 saturated heterocycles. The fourth-order valence-corrected chi connectivity index (χ4v) is 3.93. The van der Waals surface area contributed by atoms with Crippen molar-refractivity contribution >= 4 is 33.7 Å². The van der Waals surface area contributed by atoms with Crippen molar-refractivity contribution in [2.24, 2.45) is 0 Å². The van der Waals surface area contributed by atoms with Gasteiger partial charge in [0.25, 0.3) is 5.91 Å². The maximum Gasteiger partial charge on any atom is 0.254 e. The van der Waals surface area contributed by atoms with Crippen LogP contribution in [0, 0.1) is 0 Å². The fourth-order valence-electron chi connectivity index (χ4n) is 3.49. The molecule has 0 spiro atoms. The van der Waals surface area contributed by atoms with E-state index in [1.807, 2.05) is 41.3 Å². The first kappa shape index (κ1) is 18.9. The quantitative estimate of drug-likeness (QED) is 0.639. The molecular weight excluding hydrogens is 420 g/mol. The summed E-state index contributed by atoms with van der Waals surface area (Å²) in [5, 5.41) is 0. The number of benzene rings is 2. The van der Waals surface area contributed by atoms with Crippen LogP contribution < -0.4 is 0 Å². The number of amides is 3. The molecule has 1 saturated carbocycles. The van der Waals surface area contributed by atoms with Gasteiger partial charge in [0.05, 0.1) is 6.54 Å². The molecule has 3 amide bonds. The molecule has 0 N–H and O–H groups in total. The second-order valence-electron chi connectivity index (χ2n) is 7.36. The van der Waals surface area contributed by atoms with Crippen LogP contribution >= 0.6 is 15.9 Å². The molecule has 2 fully saturated rings. The molecule has 1 aliphatic heterocycles. The number of carbonyl (C=O) groups excluding carboxylic acids is 3. The summed E-state index contributed by atoms with van der Waals surface area (Å²) in [6, 6.07) is 15.6. The van der Waals surface area contributed by atoms with E-state index in [2.05, 4.69) is 15.9 Å². The van der Waals surface area contributed by atoms with Crippen LogP contribution in [0.15, 0.2) is 53.0 Å². The monoisotopic (exact) mass is 440 g/mol. The summed E-state index contributed by atoms with van der Waals surface area (Å²) >= 11 is 3.48. The van der Waals surface area contributed by atoms with Gasteiger partial charge in [0.15, 0.2) is 0 Å². The van der Waals surface area contributed by atoms with Gasteiger partial charge in [-0.25, -0.2) is 0 Å². The molecule has 2 aromatic carbocycles. The minimum atomic E-state index is -0.126. The Morgan fingerprint density at radius 3 is 2.29 bits per heavy atom. The topological polar surface area (TPSA) is 57.7 Å². The molecule has 144 valence electrons. The number of hydrogen-bond donors (Lipinski definition) is 0. The Bertz CT molecular complexity index is 906. The van der Waals surface area contributed by atoms with E-state index in [1.165, 1.54) is 4.90 Å². The van der Waals surface area contributed by atoms with E-state index >= 15 is 0 Å². The summed E-state index contributed by atoms with van der Waals surface area (Å²) in [5.41, 5.74) is 2.58. The van der Waals surface area contributed by atoms with Gasteiger partial charge in [-0.2, -0.15) is 0 Å². The molecule has 1 heterocycles. The van der Waals surface area contributed by atoms with Crippen molar-refractivity contribution in [3.05, 3.63) is 69.7 Å². The van der Waals surface area contributed by atoms with Crippen LogP contribution in [0.5, 0.6) is 0 Å². The molecule has 28 heavy (non-hydrogen) atoms. The highest BCUT2D eigenvalue weighted by molar-refractivity contribution is 9.10. The van der Waals surface area contributed by atoms with Gasteiger partial charge in [-0.05, 0) is 48.2 Å². The summed E-state index contributed by atoms with van der Waals surface area (Å²) in [5.74, 6) is -0.236. The fraction of sp³-hybridized carbons (Fsp3) is 0.318. The van der Waals surface area contributed by atoms with Crippen molar-refractivity contribution < 1.29 is 14.4 Å². The van der Waals surface area contributed by atoms with Crippen molar-refractivity contribution in [2.45, 2.75) is 44.8 Å². The van der Waals surface area contributed by atoms with Crippen LogP contribution in [0.2, 0.25) is 0 Å². The maximum absolute atomic E-state index is 13.1. The summed E-state index contributed by atoms with van der Waals surface area (Å²) in [4.78, 5) is 39.8. The number of nitrogens with zero attached hydrogens (tertiary/aromatic N) is 2. The van der Waals surface area contributed by atoms with Crippen molar-refractivity contribution in [1.82, 2.24) is 9.80 Å². The SMILES string of the molecule is O=C1CCC(=O)N1Cc1ccc(C(=O)N(Cc2cccc(Br)c2)C2CC2)cc1. The van der Waals surface area contributed by atoms with Gasteiger partial charge in [-0.3, -0.25) is 19.3 Å². The van der Waals surface area contributed by atoms with Crippen molar-refractivity contribution in [3.8, 4) is 0 Å². The van der Waals surface area contributed by atoms with E-state index in [1.54, 1.807) is 12.1 Å². The summed E-state index contributed by atoms with van der Waals surface area (Å²) in [6.07, 6.45) is 2.66. The zero-order chi connectivity index (χ0) is 19.7. The van der Waals surface area contributed by atoms with Crippen LogP contribution in [0.25, 0.3) is 0 Å². The lowest BCUT2D eigenvalue weighted by molar-refractivity contribution is -0.139. The van der Waals surface area contributed by atoms with Gasteiger partial charge in [-0.15, -0.1) is 0 Å². The molecule has 0 aromatic heterocycles. The first-order valence-electron chi connectivity index (χ1n) is 9.49. The number of rotatable bonds is 6. The van der Waals surface area contributed by atoms with Crippen LogP contribution in [-0.2, 0) is 22.7 Å². The van der Waals surface area contributed by atoms with E-state index in [-0.39, 0.29) is 24.3 Å². The van der Waals surface area contributed by atoms with Crippen molar-refractivity contribution in [3.63, 3.8) is 0 Å². The lowest BCUT2D eigenvalue weighted by atomic mass is 10.1. The summed E-state index contributed by atoms with van der Waals surface area (Å²) < 4.78 is 1.00. The Morgan fingerprint density at radius 2 is 1.68 bits per heavy atom. The molecule has 2 aliphatic rings. The third-order valence-electron chi connectivity index (χ3n) is 5.19. The zero-order valence-electron chi connectivity index (χ0n) is 15.4. The average Bonchev–Trinajstić information content (AvgIpc) is 3.48. The first-order valence-corrected chi connectivity index (χ1v) is 10.3. The summed E-state index contributed by atoms with van der Waals surface area (Å²) in [7, 11) is 0. The van der Waals surface area contributed by atoms with E-state index in [4.69, 9.17) is 0 Å². The van der Waals surface area contributed by atoms with Gasteiger partial charge >= 0.3 is 0 Å². The van der Waals surface area contributed by atoms with Crippen molar-refractivity contribution in [1.29, 1.82) is 0 Å². The molecule has 4 rings (SSSR count). The maximum atomic E-state index is 13.1. The predicted molar refractivity (Wildman–Crippen MR) is 108 cm³/mol. The molecular formula is C22H21BrN2O3. The van der Waals surface area contributed by atoms with E-state index < -0.39 is 0 Å². The Morgan fingerprint density at radius 1 is 1.00 bits per heavy atom. The minimum Gasteiger partial charge on any atom is -0.331 e. The smallest absolute Gasteiger partial charge is 0.254 e. The Labute approximate surface area is 172 Å². The number of imide groups is 1. The molecule has 0 radical (unpaired) electrons. The van der Waals surface area contributed by atoms with Gasteiger partial charge in [0.1, 0.15) is 0 Å². The molecule has 0 atom stereocenters. The standard InChI is InChI=1S/C22H21BrN2O3/c23-18-3-1-2-16(12-18)14-24(19-8-9-19)22(28)17-6-4-15(5-7-17)13-25-20(26)10-11-21(25)27/h1-7,12,19H,8-11,13-14H2. The van der Waals surface area contributed by atoms with Crippen LogP contribution in [0.3, 0.4) is 0 Å².